The van der Waals surface area contributed by atoms with Gasteiger partial charge in [-0.15, -0.1) is 0 Å². The van der Waals surface area contributed by atoms with Crippen LogP contribution in [0.4, 0.5) is 5.82 Å². The van der Waals surface area contributed by atoms with E-state index < -0.39 is 0 Å². The van der Waals surface area contributed by atoms with Gasteiger partial charge in [0.1, 0.15) is 5.75 Å². The number of piperazine rings is 1. The smallest absolute Gasteiger partial charge is 0.227 e. The first-order valence-corrected chi connectivity index (χ1v) is 9.90. The van der Waals surface area contributed by atoms with Crippen LogP contribution in [-0.4, -0.2) is 54.3 Å². The number of anilines is 1. The highest BCUT2D eigenvalue weighted by atomic mass is 16.5. The number of methoxy groups -OCH3 is 1. The fraction of sp³-hybridized carbons (Fsp3) is 0.304. The SMILES string of the molecule is COc1ccc(-c2cc(N3CCN(C(=O)Cc4cccc(C)c4)CC3)n[nH]2)cc1. The van der Waals surface area contributed by atoms with Crippen molar-refractivity contribution in [1.82, 2.24) is 15.1 Å². The first-order valence-electron chi connectivity index (χ1n) is 9.90. The Morgan fingerprint density at radius 1 is 1.07 bits per heavy atom. The Bertz CT molecular complexity index is 973. The molecule has 0 spiro atoms. The second-order valence-electron chi connectivity index (χ2n) is 7.40. The number of aromatic nitrogens is 2. The number of H-pyrrole nitrogens is 1. The lowest BCUT2D eigenvalue weighted by atomic mass is 10.1. The van der Waals surface area contributed by atoms with Crippen molar-refractivity contribution in [3.63, 3.8) is 0 Å². The van der Waals surface area contributed by atoms with Crippen LogP contribution < -0.4 is 9.64 Å². The minimum Gasteiger partial charge on any atom is -0.497 e. The molecule has 1 aliphatic heterocycles. The summed E-state index contributed by atoms with van der Waals surface area (Å²) in [4.78, 5) is 16.8. The Kier molecular flexibility index (Phi) is 5.51. The van der Waals surface area contributed by atoms with Crippen LogP contribution in [0.5, 0.6) is 5.75 Å². The molecule has 0 saturated carbocycles. The van der Waals surface area contributed by atoms with E-state index in [1.807, 2.05) is 41.3 Å². The zero-order valence-electron chi connectivity index (χ0n) is 16.9. The summed E-state index contributed by atoms with van der Waals surface area (Å²) < 4.78 is 5.21. The van der Waals surface area contributed by atoms with E-state index in [2.05, 4.69) is 40.2 Å². The lowest BCUT2D eigenvalue weighted by Gasteiger charge is -2.34. The molecule has 0 unspecified atom stereocenters. The number of ether oxygens (including phenoxy) is 1. The fourth-order valence-corrected chi connectivity index (χ4v) is 3.69. The Balaban J connectivity index is 1.34. The third-order valence-corrected chi connectivity index (χ3v) is 5.36. The molecule has 1 aliphatic rings. The summed E-state index contributed by atoms with van der Waals surface area (Å²) in [7, 11) is 1.66. The minimum absolute atomic E-state index is 0.191. The molecule has 29 heavy (non-hydrogen) atoms. The molecule has 3 aromatic rings. The molecule has 150 valence electrons. The van der Waals surface area contributed by atoms with Crippen LogP contribution in [0, 0.1) is 6.92 Å². The Hall–Kier alpha value is -3.28. The molecule has 1 aromatic heterocycles. The third-order valence-electron chi connectivity index (χ3n) is 5.36. The lowest BCUT2D eigenvalue weighted by Crippen LogP contribution is -2.49. The molecule has 0 atom stereocenters. The van der Waals surface area contributed by atoms with Gasteiger partial charge in [0, 0.05) is 32.2 Å². The molecular formula is C23H26N4O2. The zero-order chi connectivity index (χ0) is 20.2. The molecule has 6 nitrogen and oxygen atoms in total. The molecule has 1 amide bonds. The summed E-state index contributed by atoms with van der Waals surface area (Å²) >= 11 is 0. The third kappa shape index (κ3) is 4.42. The Morgan fingerprint density at radius 3 is 2.52 bits per heavy atom. The highest BCUT2D eigenvalue weighted by Gasteiger charge is 2.22. The number of carbonyl (C=O) groups is 1. The van der Waals surface area contributed by atoms with Crippen LogP contribution in [0.3, 0.4) is 0 Å². The summed E-state index contributed by atoms with van der Waals surface area (Å²) in [6.45, 7) is 5.06. The first-order chi connectivity index (χ1) is 14.1. The summed E-state index contributed by atoms with van der Waals surface area (Å²) in [6.07, 6.45) is 0.464. The van der Waals surface area contributed by atoms with Crippen molar-refractivity contribution in [2.45, 2.75) is 13.3 Å². The van der Waals surface area contributed by atoms with Crippen LogP contribution in [0.15, 0.2) is 54.6 Å². The van der Waals surface area contributed by atoms with Crippen LogP contribution in [0.25, 0.3) is 11.3 Å². The Labute approximate surface area is 171 Å². The predicted molar refractivity (Wildman–Crippen MR) is 114 cm³/mol. The van der Waals surface area contributed by atoms with Crippen molar-refractivity contribution in [2.75, 3.05) is 38.2 Å². The van der Waals surface area contributed by atoms with Crippen molar-refractivity contribution in [3.05, 3.63) is 65.7 Å². The van der Waals surface area contributed by atoms with Crippen LogP contribution >= 0.6 is 0 Å². The lowest BCUT2D eigenvalue weighted by molar-refractivity contribution is -0.130. The maximum atomic E-state index is 12.6. The van der Waals surface area contributed by atoms with Gasteiger partial charge >= 0.3 is 0 Å². The van der Waals surface area contributed by atoms with Crippen LogP contribution in [0.2, 0.25) is 0 Å². The number of aryl methyl sites for hydroxylation is 1. The Morgan fingerprint density at radius 2 is 1.83 bits per heavy atom. The van der Waals surface area contributed by atoms with Crippen molar-refractivity contribution in [1.29, 1.82) is 0 Å². The molecule has 0 aliphatic carbocycles. The number of benzene rings is 2. The largest absolute Gasteiger partial charge is 0.497 e. The average molecular weight is 390 g/mol. The molecule has 4 rings (SSSR count). The normalized spacial score (nSPS) is 14.1. The number of hydrogen-bond donors (Lipinski definition) is 1. The second-order valence-corrected chi connectivity index (χ2v) is 7.40. The molecule has 1 saturated heterocycles. The predicted octanol–water partition coefficient (Wildman–Crippen LogP) is 3.29. The van der Waals surface area contributed by atoms with Gasteiger partial charge < -0.3 is 14.5 Å². The van der Waals surface area contributed by atoms with Gasteiger partial charge in [-0.2, -0.15) is 5.10 Å². The van der Waals surface area contributed by atoms with Crippen molar-refractivity contribution in [2.24, 2.45) is 0 Å². The van der Waals surface area contributed by atoms with Gasteiger partial charge in [0.15, 0.2) is 5.82 Å². The molecule has 0 radical (unpaired) electrons. The molecule has 6 heteroatoms. The highest BCUT2D eigenvalue weighted by molar-refractivity contribution is 5.79. The van der Waals surface area contributed by atoms with E-state index in [0.717, 1.165) is 54.6 Å². The monoisotopic (exact) mass is 390 g/mol. The number of aromatic amines is 1. The number of rotatable bonds is 5. The number of amides is 1. The number of nitrogens with one attached hydrogen (secondary N) is 1. The standard InChI is InChI=1S/C23H26N4O2/c1-17-4-3-5-18(14-17)15-23(28)27-12-10-26(11-13-27)22-16-21(24-25-22)19-6-8-20(29-2)9-7-19/h3-9,14,16H,10-13,15H2,1-2H3,(H,24,25). The summed E-state index contributed by atoms with van der Waals surface area (Å²) in [5, 5.41) is 7.59. The molecule has 2 heterocycles. The molecule has 1 N–H and O–H groups in total. The van der Waals surface area contributed by atoms with E-state index in [4.69, 9.17) is 4.74 Å². The highest BCUT2D eigenvalue weighted by Crippen LogP contribution is 2.24. The van der Waals surface area contributed by atoms with Gasteiger partial charge in [-0.25, -0.2) is 0 Å². The summed E-state index contributed by atoms with van der Waals surface area (Å²) in [5.41, 5.74) is 4.30. The topological polar surface area (TPSA) is 61.5 Å². The molecule has 1 fully saturated rings. The second kappa shape index (κ2) is 8.39. The maximum absolute atomic E-state index is 12.6. The number of hydrogen-bond acceptors (Lipinski definition) is 4. The maximum Gasteiger partial charge on any atom is 0.227 e. The zero-order valence-corrected chi connectivity index (χ0v) is 16.9. The van der Waals surface area contributed by atoms with Gasteiger partial charge in [-0.3, -0.25) is 9.89 Å². The van der Waals surface area contributed by atoms with E-state index in [1.54, 1.807) is 7.11 Å². The van der Waals surface area contributed by atoms with Crippen molar-refractivity contribution in [3.8, 4) is 17.0 Å². The van der Waals surface area contributed by atoms with Gasteiger partial charge in [0.25, 0.3) is 0 Å². The van der Waals surface area contributed by atoms with Crippen LogP contribution in [0.1, 0.15) is 11.1 Å². The summed E-state index contributed by atoms with van der Waals surface area (Å²) in [6, 6.07) is 18.1. The number of nitrogens with zero attached hydrogens (tertiary/aromatic N) is 3. The van der Waals surface area contributed by atoms with Crippen molar-refractivity contribution >= 4 is 11.7 Å². The molecule has 0 bridgehead atoms. The van der Waals surface area contributed by atoms with Gasteiger partial charge in [0.05, 0.1) is 19.2 Å². The van der Waals surface area contributed by atoms with E-state index in [9.17, 15) is 4.79 Å². The molecule has 2 aromatic carbocycles. The van der Waals surface area contributed by atoms with Gasteiger partial charge in [-0.05, 0) is 42.3 Å². The average Bonchev–Trinajstić information content (AvgIpc) is 3.24. The van der Waals surface area contributed by atoms with Crippen molar-refractivity contribution < 1.29 is 9.53 Å². The van der Waals surface area contributed by atoms with E-state index in [0.29, 0.717) is 6.42 Å². The van der Waals surface area contributed by atoms with Gasteiger partial charge in [-0.1, -0.05) is 29.8 Å². The van der Waals surface area contributed by atoms with E-state index >= 15 is 0 Å². The first kappa shape index (κ1) is 19.1. The van der Waals surface area contributed by atoms with E-state index in [1.165, 1.54) is 5.56 Å². The summed E-state index contributed by atoms with van der Waals surface area (Å²) in [5.74, 6) is 1.94. The minimum atomic E-state index is 0.191. The molecular weight excluding hydrogens is 364 g/mol. The quantitative estimate of drug-likeness (QED) is 0.726. The van der Waals surface area contributed by atoms with Crippen LogP contribution in [-0.2, 0) is 11.2 Å². The van der Waals surface area contributed by atoms with E-state index in [-0.39, 0.29) is 5.91 Å². The number of carbonyl (C=O) groups excluding carboxylic acids is 1. The van der Waals surface area contributed by atoms with Gasteiger partial charge in [0.2, 0.25) is 5.91 Å². The fourth-order valence-electron chi connectivity index (χ4n) is 3.69.